The Morgan fingerprint density at radius 3 is 2.63 bits per heavy atom. The van der Waals surface area contributed by atoms with E-state index in [0.29, 0.717) is 36.0 Å². The molecule has 0 saturated carbocycles. The summed E-state index contributed by atoms with van der Waals surface area (Å²) in [7, 11) is 0. The Balaban J connectivity index is 1.80. The number of nitrogens with zero attached hydrogens (tertiary/aromatic N) is 2. The van der Waals surface area contributed by atoms with Crippen molar-refractivity contribution in [3.8, 4) is 22.8 Å². The number of benzene rings is 1. The number of amides is 1. The first-order valence-corrected chi connectivity index (χ1v) is 8.03. The molecule has 1 aromatic carbocycles. The van der Waals surface area contributed by atoms with Crippen molar-refractivity contribution in [2.45, 2.75) is 12.6 Å². The maximum absolute atomic E-state index is 13.3. The van der Waals surface area contributed by atoms with Crippen LogP contribution in [0.1, 0.15) is 21.6 Å². The zero-order valence-electron chi connectivity index (χ0n) is 13.7. The second-order valence-corrected chi connectivity index (χ2v) is 6.03. The molecule has 0 unspecified atom stereocenters. The molecular formula is C18H12F4N4O. The van der Waals surface area contributed by atoms with Crippen molar-refractivity contribution in [2.24, 2.45) is 0 Å². The maximum Gasteiger partial charge on any atom is 0.417 e. The summed E-state index contributed by atoms with van der Waals surface area (Å²) in [4.78, 5) is 23.1. The first-order valence-electron chi connectivity index (χ1n) is 8.03. The molecule has 0 radical (unpaired) electrons. The van der Waals surface area contributed by atoms with Gasteiger partial charge in [-0.2, -0.15) is 13.2 Å². The molecule has 9 heteroatoms. The van der Waals surface area contributed by atoms with E-state index in [4.69, 9.17) is 0 Å². The van der Waals surface area contributed by atoms with Crippen LogP contribution in [0.25, 0.3) is 22.8 Å². The smallest absolute Gasteiger partial charge is 0.356 e. The lowest BCUT2D eigenvalue weighted by atomic mass is 10.1. The fraction of sp³-hybridized carbons (Fsp3) is 0.167. The standard InChI is InChI=1S/C18H12F4N4O/c19-9-1-2-10(12(7-9)18(20,21)22)16-23-5-4-14(26-16)15-8-11-13(25-15)3-6-24-17(11)27/h1-2,4-5,7-8,25H,3,6H2,(H,24,27). The topological polar surface area (TPSA) is 70.7 Å². The van der Waals surface area contributed by atoms with Gasteiger partial charge in [-0.05, 0) is 30.3 Å². The van der Waals surface area contributed by atoms with Crippen LogP contribution in [0.5, 0.6) is 0 Å². The molecule has 0 saturated heterocycles. The van der Waals surface area contributed by atoms with Crippen molar-refractivity contribution < 1.29 is 22.4 Å². The lowest BCUT2D eigenvalue weighted by Crippen LogP contribution is -2.31. The number of halogens is 4. The molecule has 1 aliphatic rings. The lowest BCUT2D eigenvalue weighted by Gasteiger charge is -2.12. The predicted octanol–water partition coefficient (Wildman–Crippen LogP) is 3.58. The number of aromatic nitrogens is 3. The van der Waals surface area contributed by atoms with Crippen LogP contribution in [-0.4, -0.2) is 27.4 Å². The number of aromatic amines is 1. The molecule has 0 spiro atoms. The summed E-state index contributed by atoms with van der Waals surface area (Å²) in [6, 6.07) is 5.48. The van der Waals surface area contributed by atoms with Gasteiger partial charge in [-0.1, -0.05) is 0 Å². The molecule has 0 atom stereocenters. The summed E-state index contributed by atoms with van der Waals surface area (Å²) in [6.07, 6.45) is -2.81. The normalized spacial score (nSPS) is 14.0. The highest BCUT2D eigenvalue weighted by molar-refractivity contribution is 5.97. The minimum absolute atomic E-state index is 0.183. The molecule has 3 heterocycles. The van der Waals surface area contributed by atoms with E-state index in [-0.39, 0.29) is 17.3 Å². The van der Waals surface area contributed by atoms with Gasteiger partial charge in [0.05, 0.1) is 22.5 Å². The van der Waals surface area contributed by atoms with Gasteiger partial charge in [-0.3, -0.25) is 4.79 Å². The molecule has 27 heavy (non-hydrogen) atoms. The zero-order valence-corrected chi connectivity index (χ0v) is 13.7. The molecule has 0 bridgehead atoms. The molecular weight excluding hydrogens is 364 g/mol. The molecule has 3 aromatic rings. The van der Waals surface area contributed by atoms with Crippen LogP contribution in [0, 0.1) is 5.82 Å². The van der Waals surface area contributed by atoms with Crippen molar-refractivity contribution >= 4 is 5.91 Å². The van der Waals surface area contributed by atoms with Gasteiger partial charge < -0.3 is 10.3 Å². The third-order valence-corrected chi connectivity index (χ3v) is 4.26. The number of H-pyrrole nitrogens is 1. The Labute approximate surface area is 150 Å². The number of carbonyl (C=O) groups excluding carboxylic acids is 1. The number of hydrogen-bond acceptors (Lipinski definition) is 3. The van der Waals surface area contributed by atoms with Crippen LogP contribution < -0.4 is 5.32 Å². The van der Waals surface area contributed by atoms with Crippen molar-refractivity contribution in [3.63, 3.8) is 0 Å². The Kier molecular flexibility index (Phi) is 3.94. The number of alkyl halides is 3. The highest BCUT2D eigenvalue weighted by Gasteiger charge is 2.35. The first kappa shape index (κ1) is 17.2. The average molecular weight is 376 g/mol. The number of carbonyl (C=O) groups is 1. The van der Waals surface area contributed by atoms with E-state index in [1.54, 1.807) is 6.07 Å². The van der Waals surface area contributed by atoms with Crippen molar-refractivity contribution in [3.05, 3.63) is 59.2 Å². The quantitative estimate of drug-likeness (QED) is 0.672. The molecule has 1 aliphatic heterocycles. The van der Waals surface area contributed by atoms with Crippen LogP contribution in [0.2, 0.25) is 0 Å². The maximum atomic E-state index is 13.3. The van der Waals surface area contributed by atoms with E-state index < -0.39 is 17.6 Å². The molecule has 138 valence electrons. The Bertz CT molecular complexity index is 1040. The lowest BCUT2D eigenvalue weighted by molar-refractivity contribution is -0.137. The van der Waals surface area contributed by atoms with Crippen molar-refractivity contribution in [2.75, 3.05) is 6.54 Å². The third kappa shape index (κ3) is 3.16. The summed E-state index contributed by atoms with van der Waals surface area (Å²) >= 11 is 0. The number of rotatable bonds is 2. The van der Waals surface area contributed by atoms with Gasteiger partial charge in [0.1, 0.15) is 5.82 Å². The van der Waals surface area contributed by atoms with Gasteiger partial charge >= 0.3 is 6.18 Å². The molecule has 4 rings (SSSR count). The first-order chi connectivity index (χ1) is 12.8. The molecule has 0 fully saturated rings. The van der Waals surface area contributed by atoms with Gasteiger partial charge in [0.2, 0.25) is 0 Å². The molecule has 5 nitrogen and oxygen atoms in total. The number of hydrogen-bond donors (Lipinski definition) is 2. The van der Waals surface area contributed by atoms with Crippen LogP contribution in [0.4, 0.5) is 17.6 Å². The van der Waals surface area contributed by atoms with E-state index in [1.165, 1.54) is 12.3 Å². The minimum atomic E-state index is -4.75. The Morgan fingerprint density at radius 2 is 1.89 bits per heavy atom. The third-order valence-electron chi connectivity index (χ3n) is 4.26. The van der Waals surface area contributed by atoms with Crippen molar-refractivity contribution in [1.29, 1.82) is 0 Å². The van der Waals surface area contributed by atoms with Gasteiger partial charge in [0.25, 0.3) is 5.91 Å². The van der Waals surface area contributed by atoms with E-state index in [1.807, 2.05) is 0 Å². The van der Waals surface area contributed by atoms with Gasteiger partial charge in [0, 0.05) is 30.4 Å². The van der Waals surface area contributed by atoms with E-state index in [0.717, 1.165) is 17.8 Å². The number of nitrogens with one attached hydrogen (secondary N) is 2. The summed E-state index contributed by atoms with van der Waals surface area (Å²) in [5.41, 5.74) is 0.585. The van der Waals surface area contributed by atoms with E-state index >= 15 is 0 Å². The second-order valence-electron chi connectivity index (χ2n) is 6.03. The molecule has 0 aliphatic carbocycles. The summed E-state index contributed by atoms with van der Waals surface area (Å²) in [6.45, 7) is 0.505. The van der Waals surface area contributed by atoms with Crippen LogP contribution >= 0.6 is 0 Å². The fourth-order valence-electron chi connectivity index (χ4n) is 3.02. The predicted molar refractivity (Wildman–Crippen MR) is 88.3 cm³/mol. The molecule has 1 amide bonds. The van der Waals surface area contributed by atoms with E-state index in [2.05, 4.69) is 20.3 Å². The van der Waals surface area contributed by atoms with Crippen LogP contribution in [-0.2, 0) is 12.6 Å². The van der Waals surface area contributed by atoms with Crippen molar-refractivity contribution in [1.82, 2.24) is 20.3 Å². The molecule has 2 aromatic heterocycles. The summed E-state index contributed by atoms with van der Waals surface area (Å²) in [5.74, 6) is -1.40. The largest absolute Gasteiger partial charge is 0.417 e. The zero-order chi connectivity index (χ0) is 19.2. The highest BCUT2D eigenvalue weighted by atomic mass is 19.4. The fourth-order valence-corrected chi connectivity index (χ4v) is 3.02. The van der Waals surface area contributed by atoms with Gasteiger partial charge in [0.15, 0.2) is 5.82 Å². The van der Waals surface area contributed by atoms with Gasteiger partial charge in [-0.25, -0.2) is 14.4 Å². The van der Waals surface area contributed by atoms with Gasteiger partial charge in [-0.15, -0.1) is 0 Å². The molecule has 2 N–H and O–H groups in total. The Morgan fingerprint density at radius 1 is 1.07 bits per heavy atom. The number of fused-ring (bicyclic) bond motifs is 1. The van der Waals surface area contributed by atoms with E-state index in [9.17, 15) is 22.4 Å². The highest BCUT2D eigenvalue weighted by Crippen LogP contribution is 2.36. The van der Waals surface area contributed by atoms with Crippen LogP contribution in [0.3, 0.4) is 0 Å². The minimum Gasteiger partial charge on any atom is -0.356 e. The second kappa shape index (κ2) is 6.19. The monoisotopic (exact) mass is 376 g/mol. The summed E-state index contributed by atoms with van der Waals surface area (Å²) in [5, 5.41) is 2.72. The average Bonchev–Trinajstić information content (AvgIpc) is 3.07. The summed E-state index contributed by atoms with van der Waals surface area (Å²) < 4.78 is 53.1. The SMILES string of the molecule is O=C1NCCc2[nH]c(-c3ccnc(-c4ccc(F)cc4C(F)(F)F)n3)cc21. The van der Waals surface area contributed by atoms with Crippen LogP contribution in [0.15, 0.2) is 36.5 Å². The Hall–Kier alpha value is -3.23.